The third-order valence-electron chi connectivity index (χ3n) is 7.01. The SMILES string of the molecule is COc1ccc(S(=O)(=O)N(CC(=O)N(Cc2ccc(F)cc2)[C@H](Cc2ccccc2)C(=O)NC(C)C)c2ccc(F)cc2)cc1. The molecule has 11 heteroatoms. The van der Waals surface area contributed by atoms with Crippen molar-refractivity contribution in [2.24, 2.45) is 0 Å². The molecule has 0 fully saturated rings. The molecule has 0 unspecified atom stereocenters. The van der Waals surface area contributed by atoms with E-state index >= 15 is 0 Å². The Bertz CT molecular complexity index is 1680. The predicted octanol–water partition coefficient (Wildman–Crippen LogP) is 5.33. The van der Waals surface area contributed by atoms with Gasteiger partial charge in [0.05, 0.1) is 17.7 Å². The van der Waals surface area contributed by atoms with Crippen LogP contribution in [0.15, 0.2) is 108 Å². The van der Waals surface area contributed by atoms with E-state index in [2.05, 4.69) is 5.32 Å². The fraction of sp³-hybridized carbons (Fsp3) is 0.235. The van der Waals surface area contributed by atoms with Crippen LogP contribution in [0.25, 0.3) is 0 Å². The lowest BCUT2D eigenvalue weighted by molar-refractivity contribution is -0.140. The van der Waals surface area contributed by atoms with Gasteiger partial charge in [0.2, 0.25) is 11.8 Å². The van der Waals surface area contributed by atoms with Gasteiger partial charge in [0.15, 0.2) is 0 Å². The number of benzene rings is 4. The number of hydrogen-bond donors (Lipinski definition) is 1. The maximum Gasteiger partial charge on any atom is 0.264 e. The molecule has 1 N–H and O–H groups in total. The van der Waals surface area contributed by atoms with E-state index in [-0.39, 0.29) is 29.6 Å². The van der Waals surface area contributed by atoms with Crippen LogP contribution in [-0.4, -0.2) is 50.9 Å². The third-order valence-corrected chi connectivity index (χ3v) is 8.80. The minimum absolute atomic E-state index is 0.0496. The summed E-state index contributed by atoms with van der Waals surface area (Å²) >= 11 is 0. The zero-order valence-electron chi connectivity index (χ0n) is 25.2. The first-order valence-corrected chi connectivity index (χ1v) is 15.7. The van der Waals surface area contributed by atoms with Crippen LogP contribution < -0.4 is 14.4 Å². The van der Waals surface area contributed by atoms with Crippen molar-refractivity contribution in [3.63, 3.8) is 0 Å². The van der Waals surface area contributed by atoms with Crippen LogP contribution in [-0.2, 0) is 32.6 Å². The molecule has 0 saturated carbocycles. The van der Waals surface area contributed by atoms with Gasteiger partial charge in [-0.15, -0.1) is 0 Å². The van der Waals surface area contributed by atoms with E-state index in [1.54, 1.807) is 13.8 Å². The van der Waals surface area contributed by atoms with Crippen LogP contribution in [0.1, 0.15) is 25.0 Å². The average molecular weight is 636 g/mol. The molecule has 0 heterocycles. The minimum atomic E-state index is -4.37. The number of carbonyl (C=O) groups is 2. The van der Waals surface area contributed by atoms with Gasteiger partial charge in [0.25, 0.3) is 10.0 Å². The lowest BCUT2D eigenvalue weighted by Gasteiger charge is -2.34. The Balaban J connectivity index is 1.79. The fourth-order valence-electron chi connectivity index (χ4n) is 4.73. The van der Waals surface area contributed by atoms with E-state index in [9.17, 15) is 26.8 Å². The minimum Gasteiger partial charge on any atom is -0.497 e. The number of ether oxygens (including phenoxy) is 1. The number of hydrogen-bond acceptors (Lipinski definition) is 5. The molecule has 0 bridgehead atoms. The number of anilines is 1. The van der Waals surface area contributed by atoms with E-state index in [1.807, 2.05) is 30.3 Å². The second kappa shape index (κ2) is 14.8. The molecule has 0 aliphatic carbocycles. The second-order valence-corrected chi connectivity index (χ2v) is 12.5. The number of carbonyl (C=O) groups excluding carboxylic acids is 2. The maximum absolute atomic E-state index is 14.3. The Morgan fingerprint density at radius 2 is 1.38 bits per heavy atom. The third kappa shape index (κ3) is 8.66. The standard InChI is InChI=1S/C34H35F2N3O5S/c1-24(2)37-34(41)32(21-25-7-5-4-6-8-25)38(22-26-9-11-27(35)12-10-26)33(40)23-39(29-15-13-28(36)14-16-29)45(42,43)31-19-17-30(44-3)18-20-31/h4-20,24,32H,21-23H2,1-3H3,(H,37,41)/t32-/m1/s1. The molecule has 1 atom stereocenters. The zero-order chi connectivity index (χ0) is 32.6. The smallest absolute Gasteiger partial charge is 0.264 e. The van der Waals surface area contributed by atoms with Crippen molar-refractivity contribution in [3.8, 4) is 5.75 Å². The zero-order valence-corrected chi connectivity index (χ0v) is 26.0. The van der Waals surface area contributed by atoms with Gasteiger partial charge < -0.3 is 15.0 Å². The number of halogens is 2. The lowest BCUT2D eigenvalue weighted by Crippen LogP contribution is -2.54. The van der Waals surface area contributed by atoms with Gasteiger partial charge in [-0.05, 0) is 85.6 Å². The second-order valence-electron chi connectivity index (χ2n) is 10.7. The van der Waals surface area contributed by atoms with Gasteiger partial charge in [0.1, 0.15) is 30.0 Å². The summed E-state index contributed by atoms with van der Waals surface area (Å²) in [5.41, 5.74) is 1.36. The van der Waals surface area contributed by atoms with Gasteiger partial charge in [-0.25, -0.2) is 17.2 Å². The number of rotatable bonds is 13. The average Bonchev–Trinajstić information content (AvgIpc) is 3.03. The molecule has 4 aromatic carbocycles. The topological polar surface area (TPSA) is 96.0 Å². The highest BCUT2D eigenvalue weighted by molar-refractivity contribution is 7.92. The van der Waals surface area contributed by atoms with Crippen LogP contribution in [0.4, 0.5) is 14.5 Å². The van der Waals surface area contributed by atoms with Crippen LogP contribution in [0.2, 0.25) is 0 Å². The number of methoxy groups -OCH3 is 1. The summed E-state index contributed by atoms with van der Waals surface area (Å²) in [6.45, 7) is 2.77. The molecule has 0 aliphatic heterocycles. The van der Waals surface area contributed by atoms with Crippen molar-refractivity contribution in [2.45, 2.75) is 43.8 Å². The highest BCUT2D eigenvalue weighted by atomic mass is 32.2. The van der Waals surface area contributed by atoms with Crippen molar-refractivity contribution >= 4 is 27.5 Å². The van der Waals surface area contributed by atoms with Crippen molar-refractivity contribution in [3.05, 3.63) is 126 Å². The van der Waals surface area contributed by atoms with Crippen molar-refractivity contribution in [1.29, 1.82) is 0 Å². The first-order valence-electron chi connectivity index (χ1n) is 14.3. The highest BCUT2D eigenvalue weighted by Gasteiger charge is 2.35. The molecule has 0 radical (unpaired) electrons. The molecule has 2 amide bonds. The Labute approximate surface area is 262 Å². The van der Waals surface area contributed by atoms with E-state index < -0.39 is 46.1 Å². The summed E-state index contributed by atoms with van der Waals surface area (Å²) in [5, 5.41) is 2.87. The van der Waals surface area contributed by atoms with Crippen LogP contribution in [0.3, 0.4) is 0 Å². The summed E-state index contributed by atoms with van der Waals surface area (Å²) in [7, 11) is -2.92. The summed E-state index contributed by atoms with van der Waals surface area (Å²) in [6.07, 6.45) is 0.133. The molecule has 4 aromatic rings. The lowest BCUT2D eigenvalue weighted by atomic mass is 10.0. The number of nitrogens with zero attached hydrogens (tertiary/aromatic N) is 2. The number of amides is 2. The van der Waals surface area contributed by atoms with Gasteiger partial charge in [0, 0.05) is 19.0 Å². The Morgan fingerprint density at radius 1 is 0.800 bits per heavy atom. The quantitative estimate of drug-likeness (QED) is 0.214. The summed E-state index contributed by atoms with van der Waals surface area (Å²) < 4.78 is 61.7. The highest BCUT2D eigenvalue weighted by Crippen LogP contribution is 2.26. The first-order chi connectivity index (χ1) is 21.5. The van der Waals surface area contributed by atoms with E-state index in [1.165, 1.54) is 72.7 Å². The molecule has 0 aliphatic rings. The Hall–Kier alpha value is -4.77. The van der Waals surface area contributed by atoms with Crippen molar-refractivity contribution in [1.82, 2.24) is 10.2 Å². The van der Waals surface area contributed by atoms with E-state index in [4.69, 9.17) is 4.74 Å². The van der Waals surface area contributed by atoms with Crippen LogP contribution >= 0.6 is 0 Å². The molecule has 0 saturated heterocycles. The van der Waals surface area contributed by atoms with Crippen molar-refractivity contribution < 1.29 is 31.5 Å². The summed E-state index contributed by atoms with van der Waals surface area (Å²) in [6, 6.07) is 23.7. The first kappa shape index (κ1) is 33.1. The van der Waals surface area contributed by atoms with Crippen LogP contribution in [0, 0.1) is 11.6 Å². The summed E-state index contributed by atoms with van der Waals surface area (Å²) in [4.78, 5) is 29.2. The Kier molecular flexibility index (Phi) is 10.9. The molecule has 45 heavy (non-hydrogen) atoms. The maximum atomic E-state index is 14.3. The van der Waals surface area contributed by atoms with Crippen LogP contribution in [0.5, 0.6) is 5.75 Å². The largest absolute Gasteiger partial charge is 0.497 e. The predicted molar refractivity (Wildman–Crippen MR) is 168 cm³/mol. The molecule has 236 valence electrons. The van der Waals surface area contributed by atoms with Gasteiger partial charge in [-0.2, -0.15) is 0 Å². The van der Waals surface area contributed by atoms with E-state index in [0.717, 1.165) is 22.0 Å². The van der Waals surface area contributed by atoms with Crippen molar-refractivity contribution in [2.75, 3.05) is 18.0 Å². The van der Waals surface area contributed by atoms with Gasteiger partial charge in [-0.3, -0.25) is 13.9 Å². The summed E-state index contributed by atoms with van der Waals surface area (Å²) in [5.74, 6) is -1.75. The number of sulfonamides is 1. The Morgan fingerprint density at radius 3 is 1.93 bits per heavy atom. The molecule has 8 nitrogen and oxygen atoms in total. The molecular weight excluding hydrogens is 600 g/mol. The molecule has 0 aromatic heterocycles. The normalized spacial score (nSPS) is 12.0. The van der Waals surface area contributed by atoms with Gasteiger partial charge >= 0.3 is 0 Å². The monoisotopic (exact) mass is 635 g/mol. The molecular formula is C34H35F2N3O5S. The van der Waals surface area contributed by atoms with E-state index in [0.29, 0.717) is 11.3 Å². The number of nitrogens with one attached hydrogen (secondary N) is 1. The fourth-order valence-corrected chi connectivity index (χ4v) is 6.15. The molecule has 0 spiro atoms. The molecule has 4 rings (SSSR count). The van der Waals surface area contributed by atoms with Gasteiger partial charge in [-0.1, -0.05) is 42.5 Å².